The number of hydrogen-bond donors (Lipinski definition) is 1. The summed E-state index contributed by atoms with van der Waals surface area (Å²) in [5.74, 6) is 2.22. The molecule has 1 aliphatic heterocycles. The van der Waals surface area contributed by atoms with Crippen LogP contribution in [0.25, 0.3) is 0 Å². The minimum atomic E-state index is -0.0652. The number of aromatic amines is 1. The summed E-state index contributed by atoms with van der Waals surface area (Å²) >= 11 is 0. The predicted octanol–water partition coefficient (Wildman–Crippen LogP) is 1.61. The molecular formula is C16H21N5O. The molecule has 2 aromatic rings. The second-order valence-corrected chi connectivity index (χ2v) is 5.81. The summed E-state index contributed by atoms with van der Waals surface area (Å²) in [6, 6.07) is 5.42. The van der Waals surface area contributed by atoms with Crippen LogP contribution in [0, 0.1) is 0 Å². The van der Waals surface area contributed by atoms with Crippen LogP contribution in [0.1, 0.15) is 25.6 Å². The smallest absolute Gasteiger partial charge is 0.248 e. The van der Waals surface area contributed by atoms with Crippen LogP contribution < -0.4 is 15.4 Å². The van der Waals surface area contributed by atoms with Crippen LogP contribution in [0.4, 0.5) is 11.5 Å². The number of nitrogens with zero attached hydrogens (tertiary/aromatic N) is 4. The van der Waals surface area contributed by atoms with Crippen molar-refractivity contribution in [3.8, 4) is 0 Å². The van der Waals surface area contributed by atoms with Gasteiger partial charge in [-0.15, -0.1) is 0 Å². The van der Waals surface area contributed by atoms with Gasteiger partial charge >= 0.3 is 0 Å². The Balaban J connectivity index is 1.67. The number of hydrogen-bond acceptors (Lipinski definition) is 5. The van der Waals surface area contributed by atoms with Crippen LogP contribution in [-0.4, -0.2) is 41.1 Å². The summed E-state index contributed by atoms with van der Waals surface area (Å²) in [6.07, 6.45) is 3.62. The fraction of sp³-hybridized carbons (Fsp3) is 0.438. The number of H-pyrrole nitrogens is 1. The molecule has 0 saturated carbocycles. The van der Waals surface area contributed by atoms with Gasteiger partial charge in [0.2, 0.25) is 5.56 Å². The summed E-state index contributed by atoms with van der Waals surface area (Å²) < 4.78 is 0. The van der Waals surface area contributed by atoms with Gasteiger partial charge in [0.15, 0.2) is 0 Å². The van der Waals surface area contributed by atoms with Gasteiger partial charge in [-0.25, -0.2) is 9.97 Å². The molecule has 0 unspecified atom stereocenters. The molecule has 1 fully saturated rings. The van der Waals surface area contributed by atoms with E-state index in [4.69, 9.17) is 0 Å². The fourth-order valence-electron chi connectivity index (χ4n) is 2.61. The summed E-state index contributed by atoms with van der Waals surface area (Å²) in [4.78, 5) is 27.4. The Morgan fingerprint density at radius 2 is 1.82 bits per heavy atom. The van der Waals surface area contributed by atoms with Crippen molar-refractivity contribution in [1.29, 1.82) is 0 Å². The standard InChI is InChI=1S/C16H21N5O/c1-12(2)16-17-6-5-14(19-16)21-9-7-20(8-10-21)13-3-4-15(22)18-11-13/h3-6,11-12H,7-10H2,1-2H3,(H,18,22). The number of aromatic nitrogens is 3. The molecule has 3 rings (SSSR count). The van der Waals surface area contributed by atoms with E-state index in [1.165, 1.54) is 0 Å². The van der Waals surface area contributed by atoms with Crippen molar-refractivity contribution in [3.63, 3.8) is 0 Å². The SMILES string of the molecule is CC(C)c1nccc(N2CCN(c3ccc(=O)[nH]c3)CC2)n1. The Hall–Kier alpha value is -2.37. The van der Waals surface area contributed by atoms with Gasteiger partial charge in [0.25, 0.3) is 0 Å². The predicted molar refractivity (Wildman–Crippen MR) is 87.6 cm³/mol. The first-order chi connectivity index (χ1) is 10.6. The van der Waals surface area contributed by atoms with Crippen LogP contribution in [0.5, 0.6) is 0 Å². The highest BCUT2D eigenvalue weighted by atomic mass is 16.1. The Kier molecular flexibility index (Phi) is 4.09. The lowest BCUT2D eigenvalue weighted by Gasteiger charge is -2.36. The molecule has 1 aliphatic rings. The maximum absolute atomic E-state index is 11.1. The van der Waals surface area contributed by atoms with Gasteiger partial charge in [-0.05, 0) is 12.1 Å². The van der Waals surface area contributed by atoms with Crippen LogP contribution in [0.15, 0.2) is 35.4 Å². The highest BCUT2D eigenvalue weighted by Crippen LogP contribution is 2.19. The molecule has 22 heavy (non-hydrogen) atoms. The first kappa shape index (κ1) is 14.6. The molecule has 0 aliphatic carbocycles. The summed E-state index contributed by atoms with van der Waals surface area (Å²) in [5, 5.41) is 0. The highest BCUT2D eigenvalue weighted by molar-refractivity contribution is 5.47. The van der Waals surface area contributed by atoms with Crippen molar-refractivity contribution in [2.75, 3.05) is 36.0 Å². The minimum Gasteiger partial charge on any atom is -0.367 e. The average Bonchev–Trinajstić information content (AvgIpc) is 2.56. The van der Waals surface area contributed by atoms with E-state index in [2.05, 4.69) is 38.6 Å². The summed E-state index contributed by atoms with van der Waals surface area (Å²) in [6.45, 7) is 7.85. The highest BCUT2D eigenvalue weighted by Gasteiger charge is 2.19. The molecule has 0 amide bonds. The monoisotopic (exact) mass is 299 g/mol. The van der Waals surface area contributed by atoms with Gasteiger partial charge in [-0.3, -0.25) is 4.79 Å². The van der Waals surface area contributed by atoms with E-state index in [1.54, 1.807) is 12.3 Å². The maximum Gasteiger partial charge on any atom is 0.248 e. The summed E-state index contributed by atoms with van der Waals surface area (Å²) in [7, 11) is 0. The van der Waals surface area contributed by atoms with Gasteiger partial charge in [0, 0.05) is 50.6 Å². The lowest BCUT2D eigenvalue weighted by molar-refractivity contribution is 0.641. The quantitative estimate of drug-likeness (QED) is 0.933. The molecule has 1 saturated heterocycles. The number of anilines is 2. The van der Waals surface area contributed by atoms with Crippen molar-refractivity contribution < 1.29 is 0 Å². The van der Waals surface area contributed by atoms with Crippen LogP contribution in [0.3, 0.4) is 0 Å². The van der Waals surface area contributed by atoms with Gasteiger partial charge in [-0.2, -0.15) is 0 Å². The zero-order chi connectivity index (χ0) is 15.5. The molecule has 0 spiro atoms. The zero-order valence-corrected chi connectivity index (χ0v) is 13.0. The molecular weight excluding hydrogens is 278 g/mol. The van der Waals surface area contributed by atoms with Gasteiger partial charge < -0.3 is 14.8 Å². The van der Waals surface area contributed by atoms with Crippen molar-refractivity contribution in [2.24, 2.45) is 0 Å². The summed E-state index contributed by atoms with van der Waals surface area (Å²) in [5.41, 5.74) is 0.995. The molecule has 0 atom stereocenters. The van der Waals surface area contributed by atoms with E-state index in [9.17, 15) is 4.79 Å². The second kappa shape index (κ2) is 6.17. The minimum absolute atomic E-state index is 0.0652. The molecule has 116 valence electrons. The normalized spacial score (nSPS) is 15.4. The Morgan fingerprint density at radius 3 is 2.45 bits per heavy atom. The van der Waals surface area contributed by atoms with Crippen LogP contribution in [-0.2, 0) is 0 Å². The topological polar surface area (TPSA) is 65.1 Å². The van der Waals surface area contributed by atoms with Gasteiger partial charge in [0.1, 0.15) is 11.6 Å². The van der Waals surface area contributed by atoms with E-state index < -0.39 is 0 Å². The Labute approximate surface area is 129 Å². The number of piperazine rings is 1. The maximum atomic E-state index is 11.1. The van der Waals surface area contributed by atoms with E-state index in [0.717, 1.165) is 43.5 Å². The first-order valence-electron chi connectivity index (χ1n) is 7.65. The average molecular weight is 299 g/mol. The van der Waals surface area contributed by atoms with E-state index in [0.29, 0.717) is 5.92 Å². The third-order valence-electron chi connectivity index (χ3n) is 3.91. The first-order valence-corrected chi connectivity index (χ1v) is 7.65. The van der Waals surface area contributed by atoms with Crippen LogP contribution in [0.2, 0.25) is 0 Å². The van der Waals surface area contributed by atoms with Crippen molar-refractivity contribution in [3.05, 3.63) is 46.8 Å². The third-order valence-corrected chi connectivity index (χ3v) is 3.91. The largest absolute Gasteiger partial charge is 0.367 e. The number of rotatable bonds is 3. The Bertz CT molecular complexity index is 668. The lowest BCUT2D eigenvalue weighted by atomic mass is 10.2. The van der Waals surface area contributed by atoms with E-state index in [-0.39, 0.29) is 5.56 Å². The fourth-order valence-corrected chi connectivity index (χ4v) is 2.61. The molecule has 2 aromatic heterocycles. The van der Waals surface area contributed by atoms with Crippen LogP contribution >= 0.6 is 0 Å². The molecule has 0 aromatic carbocycles. The van der Waals surface area contributed by atoms with Crippen molar-refractivity contribution in [1.82, 2.24) is 15.0 Å². The van der Waals surface area contributed by atoms with Gasteiger partial charge in [0.05, 0.1) is 5.69 Å². The van der Waals surface area contributed by atoms with Crippen molar-refractivity contribution >= 4 is 11.5 Å². The second-order valence-electron chi connectivity index (χ2n) is 5.81. The Morgan fingerprint density at radius 1 is 1.09 bits per heavy atom. The van der Waals surface area contributed by atoms with E-state index >= 15 is 0 Å². The molecule has 0 bridgehead atoms. The molecule has 6 nitrogen and oxygen atoms in total. The lowest BCUT2D eigenvalue weighted by Crippen LogP contribution is -2.47. The molecule has 3 heterocycles. The van der Waals surface area contributed by atoms with Gasteiger partial charge in [-0.1, -0.05) is 13.8 Å². The number of nitrogens with one attached hydrogen (secondary N) is 1. The molecule has 1 N–H and O–H groups in total. The van der Waals surface area contributed by atoms with Crippen molar-refractivity contribution in [2.45, 2.75) is 19.8 Å². The number of pyridine rings is 1. The third kappa shape index (κ3) is 3.10. The molecule has 6 heteroatoms. The zero-order valence-electron chi connectivity index (χ0n) is 13.0. The van der Waals surface area contributed by atoms with E-state index in [1.807, 2.05) is 18.3 Å². The molecule has 0 radical (unpaired) electrons.